The normalized spacial score (nSPS) is 16.2. The molecule has 1 aromatic heterocycles. The van der Waals surface area contributed by atoms with Crippen molar-refractivity contribution in [2.75, 3.05) is 6.54 Å². The van der Waals surface area contributed by atoms with Crippen molar-refractivity contribution in [2.45, 2.75) is 57.5 Å². The molecule has 1 aliphatic rings. The maximum Gasteiger partial charge on any atom is 0.315 e. The van der Waals surface area contributed by atoms with Crippen LogP contribution < -0.4 is 16.0 Å². The first kappa shape index (κ1) is 18.3. The van der Waals surface area contributed by atoms with Crippen molar-refractivity contribution in [1.82, 2.24) is 16.0 Å². The predicted octanol–water partition coefficient (Wildman–Crippen LogP) is 3.63. The maximum absolute atomic E-state index is 12.1. The van der Waals surface area contributed by atoms with E-state index in [1.807, 2.05) is 37.3 Å². The van der Waals surface area contributed by atoms with Gasteiger partial charge in [0.05, 0.1) is 6.04 Å². The quantitative estimate of drug-likeness (QED) is 0.738. The van der Waals surface area contributed by atoms with Gasteiger partial charge in [0.15, 0.2) is 0 Å². The van der Waals surface area contributed by atoms with Gasteiger partial charge in [0.1, 0.15) is 11.3 Å². The second kappa shape index (κ2) is 8.74. The first-order chi connectivity index (χ1) is 12.6. The van der Waals surface area contributed by atoms with Crippen LogP contribution in [0.2, 0.25) is 0 Å². The van der Waals surface area contributed by atoms with Crippen LogP contribution in [0.25, 0.3) is 11.0 Å². The molecule has 3 rings (SSSR count). The summed E-state index contributed by atoms with van der Waals surface area (Å²) in [4.78, 5) is 24.0. The molecule has 1 heterocycles. The van der Waals surface area contributed by atoms with Crippen molar-refractivity contribution in [3.05, 3.63) is 36.1 Å². The number of rotatable bonds is 6. The van der Waals surface area contributed by atoms with Gasteiger partial charge < -0.3 is 20.4 Å². The number of hydrogen-bond donors (Lipinski definition) is 3. The van der Waals surface area contributed by atoms with Crippen molar-refractivity contribution in [3.63, 3.8) is 0 Å². The molecule has 0 unspecified atom stereocenters. The van der Waals surface area contributed by atoms with Crippen LogP contribution in [-0.2, 0) is 4.79 Å². The highest BCUT2D eigenvalue weighted by Gasteiger charge is 2.16. The third-order valence-electron chi connectivity index (χ3n) is 4.83. The van der Waals surface area contributed by atoms with E-state index in [-0.39, 0.29) is 30.4 Å². The Balaban J connectivity index is 1.38. The number of hydrogen-bond acceptors (Lipinski definition) is 3. The zero-order valence-electron chi connectivity index (χ0n) is 15.2. The first-order valence-corrected chi connectivity index (χ1v) is 9.44. The zero-order valence-corrected chi connectivity index (χ0v) is 15.2. The van der Waals surface area contributed by atoms with Gasteiger partial charge in [-0.05, 0) is 31.9 Å². The first-order valence-electron chi connectivity index (χ1n) is 9.44. The van der Waals surface area contributed by atoms with Crippen LogP contribution in [0.5, 0.6) is 0 Å². The average molecular weight is 357 g/mol. The molecule has 26 heavy (non-hydrogen) atoms. The van der Waals surface area contributed by atoms with Gasteiger partial charge in [-0.3, -0.25) is 4.79 Å². The van der Waals surface area contributed by atoms with E-state index in [1.165, 1.54) is 19.3 Å². The third kappa shape index (κ3) is 5.00. The molecule has 0 radical (unpaired) electrons. The molecule has 2 aromatic rings. The summed E-state index contributed by atoms with van der Waals surface area (Å²) in [5.41, 5.74) is 0.810. The van der Waals surface area contributed by atoms with Crippen molar-refractivity contribution in [3.8, 4) is 0 Å². The third-order valence-corrected chi connectivity index (χ3v) is 4.83. The summed E-state index contributed by atoms with van der Waals surface area (Å²) in [5.74, 6) is 0.610. The van der Waals surface area contributed by atoms with Gasteiger partial charge in [0, 0.05) is 24.4 Å². The SMILES string of the molecule is C[C@H](NC(=O)CCNC(=O)NC1CCCCC1)c1cc2ccccc2o1. The Morgan fingerprint density at radius 2 is 1.96 bits per heavy atom. The fourth-order valence-corrected chi connectivity index (χ4v) is 3.37. The van der Waals surface area contributed by atoms with E-state index in [0.717, 1.165) is 29.6 Å². The lowest BCUT2D eigenvalue weighted by molar-refractivity contribution is -0.121. The van der Waals surface area contributed by atoms with Crippen molar-refractivity contribution in [2.24, 2.45) is 0 Å². The highest BCUT2D eigenvalue weighted by atomic mass is 16.3. The monoisotopic (exact) mass is 357 g/mol. The topological polar surface area (TPSA) is 83.4 Å². The Morgan fingerprint density at radius 3 is 2.73 bits per heavy atom. The lowest BCUT2D eigenvalue weighted by Crippen LogP contribution is -2.43. The van der Waals surface area contributed by atoms with Crippen LogP contribution in [0, 0.1) is 0 Å². The van der Waals surface area contributed by atoms with E-state index in [0.29, 0.717) is 6.54 Å². The summed E-state index contributed by atoms with van der Waals surface area (Å²) in [5, 5.41) is 9.66. The minimum absolute atomic E-state index is 0.115. The minimum Gasteiger partial charge on any atom is -0.459 e. The van der Waals surface area contributed by atoms with E-state index < -0.39 is 0 Å². The highest BCUT2D eigenvalue weighted by Crippen LogP contribution is 2.23. The van der Waals surface area contributed by atoms with E-state index in [1.54, 1.807) is 0 Å². The molecule has 0 saturated heterocycles. The molecule has 1 aliphatic carbocycles. The number of carbonyl (C=O) groups excluding carboxylic acids is 2. The second-order valence-corrected chi connectivity index (χ2v) is 6.96. The van der Waals surface area contributed by atoms with Gasteiger partial charge in [-0.2, -0.15) is 0 Å². The molecular formula is C20H27N3O3. The largest absolute Gasteiger partial charge is 0.459 e. The molecule has 1 saturated carbocycles. The van der Waals surface area contributed by atoms with Crippen LogP contribution in [0.15, 0.2) is 34.7 Å². The molecule has 0 aliphatic heterocycles. The van der Waals surface area contributed by atoms with E-state index in [2.05, 4.69) is 16.0 Å². The second-order valence-electron chi connectivity index (χ2n) is 6.96. The van der Waals surface area contributed by atoms with Gasteiger partial charge in [-0.25, -0.2) is 4.79 Å². The van der Waals surface area contributed by atoms with E-state index >= 15 is 0 Å². The molecule has 6 nitrogen and oxygen atoms in total. The lowest BCUT2D eigenvalue weighted by Gasteiger charge is -2.22. The van der Waals surface area contributed by atoms with Gasteiger partial charge >= 0.3 is 6.03 Å². The number of benzene rings is 1. The van der Waals surface area contributed by atoms with Crippen molar-refractivity contribution >= 4 is 22.9 Å². The fraction of sp³-hybridized carbons (Fsp3) is 0.500. The minimum atomic E-state index is -0.217. The van der Waals surface area contributed by atoms with Crippen LogP contribution >= 0.6 is 0 Å². The number of urea groups is 1. The van der Waals surface area contributed by atoms with Gasteiger partial charge in [0.25, 0.3) is 0 Å². The number of carbonyl (C=O) groups is 2. The van der Waals surface area contributed by atoms with Gasteiger partial charge in [-0.15, -0.1) is 0 Å². The number of fused-ring (bicyclic) bond motifs is 1. The average Bonchev–Trinajstić information content (AvgIpc) is 3.07. The molecule has 0 spiro atoms. The number of amides is 3. The number of furan rings is 1. The summed E-state index contributed by atoms with van der Waals surface area (Å²) in [6, 6.07) is 9.56. The summed E-state index contributed by atoms with van der Waals surface area (Å²) in [6.07, 6.45) is 5.93. The zero-order chi connectivity index (χ0) is 18.4. The van der Waals surface area contributed by atoms with Crippen molar-refractivity contribution < 1.29 is 14.0 Å². The standard InChI is InChI=1S/C20H27N3O3/c1-14(18-13-15-7-5-6-10-17(15)26-18)22-19(24)11-12-21-20(25)23-16-8-3-2-4-9-16/h5-7,10,13-14,16H,2-4,8-9,11-12H2,1H3,(H,22,24)(H2,21,23,25)/t14-/m0/s1. The molecule has 1 aromatic carbocycles. The van der Waals surface area contributed by atoms with Crippen LogP contribution in [-0.4, -0.2) is 24.5 Å². The van der Waals surface area contributed by atoms with Gasteiger partial charge in [0.2, 0.25) is 5.91 Å². The molecule has 0 bridgehead atoms. The maximum atomic E-state index is 12.1. The summed E-state index contributed by atoms with van der Waals surface area (Å²) in [7, 11) is 0. The van der Waals surface area contributed by atoms with Crippen LogP contribution in [0.1, 0.15) is 57.3 Å². The molecule has 6 heteroatoms. The van der Waals surface area contributed by atoms with Gasteiger partial charge in [-0.1, -0.05) is 37.5 Å². The van der Waals surface area contributed by atoms with E-state index in [9.17, 15) is 9.59 Å². The van der Waals surface area contributed by atoms with Crippen molar-refractivity contribution in [1.29, 1.82) is 0 Å². The van der Waals surface area contributed by atoms with Crippen LogP contribution in [0.4, 0.5) is 4.79 Å². The molecule has 140 valence electrons. The Bertz CT molecular complexity index is 717. The Kier molecular flexibility index (Phi) is 6.15. The molecule has 1 atom stereocenters. The number of nitrogens with one attached hydrogen (secondary N) is 3. The fourth-order valence-electron chi connectivity index (χ4n) is 3.37. The predicted molar refractivity (Wildman–Crippen MR) is 101 cm³/mol. The summed E-state index contributed by atoms with van der Waals surface area (Å²) in [6.45, 7) is 2.20. The summed E-state index contributed by atoms with van der Waals surface area (Å²) < 4.78 is 5.76. The Morgan fingerprint density at radius 1 is 1.19 bits per heavy atom. The number of para-hydroxylation sites is 1. The lowest BCUT2D eigenvalue weighted by atomic mass is 9.96. The molecule has 3 amide bonds. The molecule has 1 fully saturated rings. The summed E-state index contributed by atoms with van der Waals surface area (Å²) >= 11 is 0. The Labute approximate surface area is 153 Å². The molecule has 3 N–H and O–H groups in total. The van der Waals surface area contributed by atoms with Crippen LogP contribution in [0.3, 0.4) is 0 Å². The Hall–Kier alpha value is -2.50. The highest BCUT2D eigenvalue weighted by molar-refractivity contribution is 5.80. The smallest absolute Gasteiger partial charge is 0.315 e. The molecular weight excluding hydrogens is 330 g/mol. The van der Waals surface area contributed by atoms with E-state index in [4.69, 9.17) is 4.42 Å².